The summed E-state index contributed by atoms with van der Waals surface area (Å²) >= 11 is 5.71. The van der Waals surface area contributed by atoms with Crippen LogP contribution in [0.4, 0.5) is 22.0 Å². The van der Waals surface area contributed by atoms with Crippen molar-refractivity contribution in [2.75, 3.05) is 10.6 Å². The molecule has 0 atom stereocenters. The van der Waals surface area contributed by atoms with Crippen LogP contribution in [0.5, 0.6) is 5.75 Å². The summed E-state index contributed by atoms with van der Waals surface area (Å²) in [6.45, 7) is 0. The Morgan fingerprint density at radius 3 is 2.52 bits per heavy atom. The lowest BCUT2D eigenvalue weighted by Gasteiger charge is -2.08. The predicted molar refractivity (Wildman–Crippen MR) is 76.6 cm³/mol. The molecule has 0 aliphatic heterocycles. The zero-order valence-corrected chi connectivity index (χ0v) is 11.2. The van der Waals surface area contributed by atoms with Gasteiger partial charge in [-0.3, -0.25) is 15.4 Å². The van der Waals surface area contributed by atoms with Crippen molar-refractivity contribution >= 4 is 34.8 Å². The second-order valence-corrected chi connectivity index (χ2v) is 4.34. The van der Waals surface area contributed by atoms with Crippen LogP contribution in [0.25, 0.3) is 0 Å². The van der Waals surface area contributed by atoms with Gasteiger partial charge in [0.1, 0.15) is 6.20 Å². The number of nitrogens with zero attached hydrogens (tertiary/aromatic N) is 2. The first kappa shape index (κ1) is 14.5. The molecule has 1 aromatic heterocycles. The van der Waals surface area contributed by atoms with E-state index in [2.05, 4.69) is 15.6 Å². The van der Waals surface area contributed by atoms with Crippen molar-refractivity contribution in [1.29, 1.82) is 0 Å². The molecule has 2 amide bonds. The van der Waals surface area contributed by atoms with E-state index in [4.69, 9.17) is 11.6 Å². The van der Waals surface area contributed by atoms with E-state index in [1.165, 1.54) is 0 Å². The van der Waals surface area contributed by atoms with Crippen LogP contribution in [-0.4, -0.2) is 21.0 Å². The fraction of sp³-hybridized carbons (Fsp3) is 0. The molecule has 0 radical (unpaired) electrons. The third-order valence-corrected chi connectivity index (χ3v) is 2.65. The monoisotopic (exact) mass is 308 g/mol. The van der Waals surface area contributed by atoms with Gasteiger partial charge >= 0.3 is 6.03 Å². The number of aromatic hydroxyl groups is 1. The fourth-order valence-electron chi connectivity index (χ4n) is 1.44. The van der Waals surface area contributed by atoms with E-state index in [0.717, 1.165) is 12.3 Å². The molecular formula is C12H9ClN4O4. The Bertz CT molecular complexity index is 690. The highest BCUT2D eigenvalue weighted by molar-refractivity contribution is 6.30. The summed E-state index contributed by atoms with van der Waals surface area (Å²) in [6.07, 6.45) is 0.928. The first-order valence-corrected chi connectivity index (χ1v) is 6.00. The summed E-state index contributed by atoms with van der Waals surface area (Å²) in [5, 5.41) is 25.3. The molecule has 108 valence electrons. The number of pyridine rings is 1. The fourth-order valence-corrected chi connectivity index (χ4v) is 1.57. The standard InChI is InChI=1S/C12H9ClN4O4/c13-7-1-3-8(4-2-7)15-12(19)16-11-10(18)5-9(6-14-11)17(20)21/h1-6,18H,(H2,14,15,16,19). The van der Waals surface area contributed by atoms with Crippen LogP contribution in [0.15, 0.2) is 36.5 Å². The van der Waals surface area contributed by atoms with Crippen LogP contribution in [0.2, 0.25) is 5.02 Å². The van der Waals surface area contributed by atoms with Crippen LogP contribution in [0.1, 0.15) is 0 Å². The van der Waals surface area contributed by atoms with Crippen molar-refractivity contribution in [3.8, 4) is 5.75 Å². The zero-order chi connectivity index (χ0) is 15.4. The molecule has 0 aliphatic rings. The third kappa shape index (κ3) is 3.80. The summed E-state index contributed by atoms with van der Waals surface area (Å²) in [5.41, 5.74) is 0.106. The number of anilines is 2. The minimum Gasteiger partial charge on any atom is -0.504 e. The summed E-state index contributed by atoms with van der Waals surface area (Å²) in [7, 11) is 0. The molecule has 0 aliphatic carbocycles. The predicted octanol–water partition coefficient (Wildman–Crippen LogP) is 2.99. The van der Waals surface area contributed by atoms with Gasteiger partial charge in [-0.2, -0.15) is 0 Å². The number of hydrogen-bond donors (Lipinski definition) is 3. The van der Waals surface area contributed by atoms with E-state index in [-0.39, 0.29) is 11.5 Å². The topological polar surface area (TPSA) is 117 Å². The second kappa shape index (κ2) is 6.06. The first-order valence-electron chi connectivity index (χ1n) is 5.62. The molecule has 0 bridgehead atoms. The number of aromatic nitrogens is 1. The maximum atomic E-state index is 11.7. The number of urea groups is 1. The highest BCUT2D eigenvalue weighted by atomic mass is 35.5. The van der Waals surface area contributed by atoms with E-state index >= 15 is 0 Å². The van der Waals surface area contributed by atoms with Crippen molar-refractivity contribution < 1.29 is 14.8 Å². The highest BCUT2D eigenvalue weighted by Crippen LogP contribution is 2.25. The first-order chi connectivity index (χ1) is 9.95. The molecule has 21 heavy (non-hydrogen) atoms. The SMILES string of the molecule is O=C(Nc1ccc(Cl)cc1)Nc1ncc([N+](=O)[O-])cc1O. The Morgan fingerprint density at radius 1 is 1.29 bits per heavy atom. The van der Waals surface area contributed by atoms with Crippen LogP contribution in [-0.2, 0) is 0 Å². The number of carbonyl (C=O) groups is 1. The van der Waals surface area contributed by atoms with E-state index in [1.807, 2.05) is 0 Å². The summed E-state index contributed by atoms with van der Waals surface area (Å²) < 4.78 is 0. The number of rotatable bonds is 3. The van der Waals surface area contributed by atoms with E-state index in [1.54, 1.807) is 24.3 Å². The van der Waals surface area contributed by atoms with Gasteiger partial charge in [0, 0.05) is 10.7 Å². The Hall–Kier alpha value is -2.87. The normalized spacial score (nSPS) is 9.95. The summed E-state index contributed by atoms with van der Waals surface area (Å²) in [4.78, 5) is 25.1. The minimum absolute atomic E-state index is 0.188. The van der Waals surface area contributed by atoms with Gasteiger partial charge < -0.3 is 10.4 Å². The number of carbonyl (C=O) groups excluding carboxylic acids is 1. The molecule has 8 nitrogen and oxygen atoms in total. The van der Waals surface area contributed by atoms with Crippen molar-refractivity contribution in [1.82, 2.24) is 4.98 Å². The van der Waals surface area contributed by atoms with Crippen molar-refractivity contribution in [2.24, 2.45) is 0 Å². The van der Waals surface area contributed by atoms with E-state index in [0.29, 0.717) is 10.7 Å². The van der Waals surface area contributed by atoms with E-state index < -0.39 is 16.7 Å². The Morgan fingerprint density at radius 2 is 1.95 bits per heavy atom. The molecule has 3 N–H and O–H groups in total. The third-order valence-electron chi connectivity index (χ3n) is 2.40. The molecule has 0 saturated carbocycles. The van der Waals surface area contributed by atoms with Gasteiger partial charge in [-0.15, -0.1) is 0 Å². The summed E-state index contributed by atoms with van der Waals surface area (Å²) in [6, 6.07) is 6.60. The van der Waals surface area contributed by atoms with Crippen molar-refractivity contribution in [3.63, 3.8) is 0 Å². The van der Waals surface area contributed by atoms with Gasteiger partial charge in [0.2, 0.25) is 0 Å². The number of amides is 2. The lowest BCUT2D eigenvalue weighted by atomic mass is 10.3. The van der Waals surface area contributed by atoms with Gasteiger partial charge in [-0.05, 0) is 24.3 Å². The minimum atomic E-state index is -0.704. The molecule has 1 heterocycles. The quantitative estimate of drug-likeness (QED) is 0.595. The van der Waals surface area contributed by atoms with E-state index in [9.17, 15) is 20.0 Å². The van der Waals surface area contributed by atoms with Crippen LogP contribution < -0.4 is 10.6 Å². The van der Waals surface area contributed by atoms with Crippen LogP contribution in [0, 0.1) is 10.1 Å². The smallest absolute Gasteiger partial charge is 0.324 e. The molecule has 0 saturated heterocycles. The van der Waals surface area contributed by atoms with Crippen LogP contribution >= 0.6 is 11.6 Å². The number of nitro groups is 1. The Kier molecular flexibility index (Phi) is 4.19. The number of benzene rings is 1. The summed E-state index contributed by atoms with van der Waals surface area (Å²) in [5.74, 6) is -0.692. The molecule has 0 spiro atoms. The molecule has 9 heteroatoms. The molecule has 1 aromatic carbocycles. The van der Waals surface area contributed by atoms with Crippen molar-refractivity contribution in [3.05, 3.63) is 51.7 Å². The maximum absolute atomic E-state index is 11.7. The zero-order valence-electron chi connectivity index (χ0n) is 10.4. The van der Waals surface area contributed by atoms with Gasteiger partial charge in [-0.1, -0.05) is 11.6 Å². The van der Waals surface area contributed by atoms with Gasteiger partial charge in [0.25, 0.3) is 5.69 Å². The largest absolute Gasteiger partial charge is 0.504 e. The molecule has 0 fully saturated rings. The number of hydrogen-bond acceptors (Lipinski definition) is 5. The Balaban J connectivity index is 2.06. The Labute approximate surface area is 123 Å². The lowest BCUT2D eigenvalue weighted by Crippen LogP contribution is -2.20. The van der Waals surface area contributed by atoms with Gasteiger partial charge in [0.05, 0.1) is 11.0 Å². The second-order valence-electron chi connectivity index (χ2n) is 3.90. The average molecular weight is 309 g/mol. The molecular weight excluding hydrogens is 300 g/mol. The van der Waals surface area contributed by atoms with Crippen molar-refractivity contribution in [2.45, 2.75) is 0 Å². The lowest BCUT2D eigenvalue weighted by molar-refractivity contribution is -0.385. The molecule has 0 unspecified atom stereocenters. The van der Waals surface area contributed by atoms with Gasteiger partial charge in [-0.25, -0.2) is 9.78 Å². The van der Waals surface area contributed by atoms with Crippen LogP contribution in [0.3, 0.4) is 0 Å². The maximum Gasteiger partial charge on any atom is 0.324 e. The number of nitrogens with one attached hydrogen (secondary N) is 2. The highest BCUT2D eigenvalue weighted by Gasteiger charge is 2.13. The molecule has 2 rings (SSSR count). The molecule has 2 aromatic rings. The average Bonchev–Trinajstić information content (AvgIpc) is 2.43. The number of halogens is 1. The van der Waals surface area contributed by atoms with Gasteiger partial charge in [0.15, 0.2) is 11.6 Å².